The fourth-order valence-electron chi connectivity index (χ4n) is 1.80. The molecule has 0 aromatic heterocycles. The molecule has 0 bridgehead atoms. The zero-order valence-corrected chi connectivity index (χ0v) is 8.99. The summed E-state index contributed by atoms with van der Waals surface area (Å²) in [5, 5.41) is 0. The van der Waals surface area contributed by atoms with Crippen molar-refractivity contribution in [1.29, 1.82) is 0 Å². The van der Waals surface area contributed by atoms with Crippen LogP contribution in [0.5, 0.6) is 5.75 Å². The summed E-state index contributed by atoms with van der Waals surface area (Å²) in [6.45, 7) is 9.66. The van der Waals surface area contributed by atoms with Crippen LogP contribution < -0.4 is 9.64 Å². The number of anilines is 1. The third-order valence-corrected chi connectivity index (χ3v) is 2.69. The van der Waals surface area contributed by atoms with E-state index in [9.17, 15) is 0 Å². The fourth-order valence-corrected chi connectivity index (χ4v) is 1.80. The van der Waals surface area contributed by atoms with Crippen molar-refractivity contribution < 1.29 is 4.74 Å². The van der Waals surface area contributed by atoms with Gasteiger partial charge in [0.05, 0.1) is 12.8 Å². The highest BCUT2D eigenvalue weighted by Gasteiger charge is 2.20. The van der Waals surface area contributed by atoms with Gasteiger partial charge >= 0.3 is 0 Å². The summed E-state index contributed by atoms with van der Waals surface area (Å²) >= 11 is 0. The van der Waals surface area contributed by atoms with E-state index in [0.717, 1.165) is 35.7 Å². The first-order chi connectivity index (χ1) is 7.22. The molecule has 2 rings (SSSR count). The SMILES string of the molecule is C=C1CN(c2ccccc2OC)CC1=C. The number of hydrogen-bond acceptors (Lipinski definition) is 2. The summed E-state index contributed by atoms with van der Waals surface area (Å²) < 4.78 is 5.33. The molecule has 1 aromatic rings. The van der Waals surface area contributed by atoms with Crippen molar-refractivity contribution in [2.24, 2.45) is 0 Å². The van der Waals surface area contributed by atoms with Crippen molar-refractivity contribution in [2.75, 3.05) is 25.1 Å². The molecule has 1 fully saturated rings. The largest absolute Gasteiger partial charge is 0.495 e. The van der Waals surface area contributed by atoms with Crippen LogP contribution in [0.1, 0.15) is 0 Å². The van der Waals surface area contributed by atoms with Crippen LogP contribution in [0.4, 0.5) is 5.69 Å². The number of benzene rings is 1. The summed E-state index contributed by atoms with van der Waals surface area (Å²) in [4.78, 5) is 2.23. The molecule has 1 aliphatic heterocycles. The van der Waals surface area contributed by atoms with Crippen molar-refractivity contribution in [3.8, 4) is 5.75 Å². The van der Waals surface area contributed by atoms with Crippen molar-refractivity contribution >= 4 is 5.69 Å². The maximum atomic E-state index is 5.33. The Bertz CT molecular complexity index is 393. The zero-order valence-electron chi connectivity index (χ0n) is 8.99. The summed E-state index contributed by atoms with van der Waals surface area (Å²) in [7, 11) is 1.69. The van der Waals surface area contributed by atoms with Crippen molar-refractivity contribution in [2.45, 2.75) is 0 Å². The highest BCUT2D eigenvalue weighted by molar-refractivity contribution is 5.63. The first kappa shape index (κ1) is 9.84. The molecule has 1 aromatic carbocycles. The molecule has 0 saturated carbocycles. The topological polar surface area (TPSA) is 12.5 Å². The Balaban J connectivity index is 2.30. The first-order valence-electron chi connectivity index (χ1n) is 4.96. The lowest BCUT2D eigenvalue weighted by atomic mass is 10.2. The summed E-state index contributed by atoms with van der Waals surface area (Å²) in [6.07, 6.45) is 0. The average molecular weight is 201 g/mol. The first-order valence-corrected chi connectivity index (χ1v) is 4.96. The number of methoxy groups -OCH3 is 1. The predicted molar refractivity (Wildman–Crippen MR) is 63.5 cm³/mol. The van der Waals surface area contributed by atoms with Gasteiger partial charge in [-0.25, -0.2) is 0 Å². The van der Waals surface area contributed by atoms with Gasteiger partial charge in [0.25, 0.3) is 0 Å². The van der Waals surface area contributed by atoms with E-state index in [1.165, 1.54) is 0 Å². The van der Waals surface area contributed by atoms with E-state index < -0.39 is 0 Å². The van der Waals surface area contributed by atoms with E-state index in [1.54, 1.807) is 7.11 Å². The van der Waals surface area contributed by atoms with Crippen LogP contribution >= 0.6 is 0 Å². The van der Waals surface area contributed by atoms with Gasteiger partial charge in [0.2, 0.25) is 0 Å². The maximum absolute atomic E-state index is 5.33. The van der Waals surface area contributed by atoms with Gasteiger partial charge in [-0.2, -0.15) is 0 Å². The molecule has 1 saturated heterocycles. The Morgan fingerprint density at radius 3 is 2.33 bits per heavy atom. The molecule has 0 aliphatic carbocycles. The van der Waals surface area contributed by atoms with Gasteiger partial charge < -0.3 is 9.64 Å². The van der Waals surface area contributed by atoms with Gasteiger partial charge in [0.15, 0.2) is 0 Å². The Labute approximate surface area is 90.5 Å². The lowest BCUT2D eigenvalue weighted by Crippen LogP contribution is -2.18. The molecule has 0 amide bonds. The van der Waals surface area contributed by atoms with Gasteiger partial charge in [-0.15, -0.1) is 0 Å². The molecule has 1 heterocycles. The summed E-state index contributed by atoms with van der Waals surface area (Å²) in [6, 6.07) is 8.02. The van der Waals surface area contributed by atoms with E-state index in [-0.39, 0.29) is 0 Å². The summed E-state index contributed by atoms with van der Waals surface area (Å²) in [5.74, 6) is 0.903. The van der Waals surface area contributed by atoms with Crippen LogP contribution in [-0.2, 0) is 0 Å². The molecule has 2 heteroatoms. The van der Waals surface area contributed by atoms with Crippen LogP contribution in [0.25, 0.3) is 0 Å². The van der Waals surface area contributed by atoms with Crippen LogP contribution in [0.2, 0.25) is 0 Å². The lowest BCUT2D eigenvalue weighted by Gasteiger charge is -2.19. The maximum Gasteiger partial charge on any atom is 0.142 e. The van der Waals surface area contributed by atoms with E-state index in [2.05, 4.69) is 24.1 Å². The molecule has 0 spiro atoms. The Hall–Kier alpha value is -1.70. The standard InChI is InChI=1S/C13H15NO/c1-10-8-14(9-11(10)2)12-6-4-5-7-13(12)15-3/h4-7H,1-2,8-9H2,3H3. The number of hydrogen-bond donors (Lipinski definition) is 0. The Kier molecular flexibility index (Phi) is 2.50. The number of para-hydroxylation sites is 2. The molecule has 0 unspecified atom stereocenters. The molecular weight excluding hydrogens is 186 g/mol. The molecular formula is C13H15NO. The van der Waals surface area contributed by atoms with Gasteiger partial charge in [-0.1, -0.05) is 25.3 Å². The van der Waals surface area contributed by atoms with Gasteiger partial charge in [-0.05, 0) is 23.3 Å². The summed E-state index contributed by atoms with van der Waals surface area (Å²) in [5.41, 5.74) is 3.33. The number of rotatable bonds is 2. The third-order valence-electron chi connectivity index (χ3n) is 2.69. The van der Waals surface area contributed by atoms with E-state index in [4.69, 9.17) is 4.74 Å². The number of nitrogens with zero attached hydrogens (tertiary/aromatic N) is 1. The van der Waals surface area contributed by atoms with Crippen LogP contribution in [0, 0.1) is 0 Å². The highest BCUT2D eigenvalue weighted by Crippen LogP contribution is 2.32. The monoisotopic (exact) mass is 201 g/mol. The van der Waals surface area contributed by atoms with E-state index >= 15 is 0 Å². The van der Waals surface area contributed by atoms with E-state index in [0.29, 0.717) is 0 Å². The van der Waals surface area contributed by atoms with Gasteiger partial charge in [0.1, 0.15) is 5.75 Å². The minimum absolute atomic E-state index is 0.846. The normalized spacial score (nSPS) is 15.9. The molecule has 0 radical (unpaired) electrons. The highest BCUT2D eigenvalue weighted by atomic mass is 16.5. The van der Waals surface area contributed by atoms with Crippen molar-refractivity contribution in [3.63, 3.8) is 0 Å². The van der Waals surface area contributed by atoms with Crippen LogP contribution in [0.3, 0.4) is 0 Å². The Morgan fingerprint density at radius 2 is 1.73 bits per heavy atom. The second-order valence-corrected chi connectivity index (χ2v) is 3.74. The molecule has 1 aliphatic rings. The Morgan fingerprint density at radius 1 is 1.13 bits per heavy atom. The second-order valence-electron chi connectivity index (χ2n) is 3.74. The van der Waals surface area contributed by atoms with Gasteiger partial charge in [-0.3, -0.25) is 0 Å². The zero-order chi connectivity index (χ0) is 10.8. The number of ether oxygens (including phenoxy) is 1. The van der Waals surface area contributed by atoms with Gasteiger partial charge in [0, 0.05) is 13.1 Å². The predicted octanol–water partition coefficient (Wildman–Crippen LogP) is 2.63. The molecule has 78 valence electrons. The van der Waals surface area contributed by atoms with Crippen molar-refractivity contribution in [3.05, 3.63) is 48.6 Å². The van der Waals surface area contributed by atoms with E-state index in [1.807, 2.05) is 18.2 Å². The minimum Gasteiger partial charge on any atom is -0.495 e. The second kappa shape index (κ2) is 3.81. The fraction of sp³-hybridized carbons (Fsp3) is 0.231. The third kappa shape index (κ3) is 1.75. The van der Waals surface area contributed by atoms with Crippen LogP contribution in [-0.4, -0.2) is 20.2 Å². The lowest BCUT2D eigenvalue weighted by molar-refractivity contribution is 0.415. The quantitative estimate of drug-likeness (QED) is 0.729. The molecule has 0 atom stereocenters. The molecule has 15 heavy (non-hydrogen) atoms. The van der Waals surface area contributed by atoms with Crippen molar-refractivity contribution in [1.82, 2.24) is 0 Å². The molecule has 0 N–H and O–H groups in total. The molecule has 2 nitrogen and oxygen atoms in total. The smallest absolute Gasteiger partial charge is 0.142 e. The minimum atomic E-state index is 0.846. The van der Waals surface area contributed by atoms with Crippen LogP contribution in [0.15, 0.2) is 48.6 Å². The average Bonchev–Trinajstić information content (AvgIpc) is 2.59.